The molecule has 0 unspecified atom stereocenters. The molecule has 1 N–H and O–H groups in total. The molecule has 3 rings (SSSR count). The van der Waals surface area contributed by atoms with Crippen molar-refractivity contribution in [1.29, 1.82) is 0 Å². The van der Waals surface area contributed by atoms with Crippen LogP contribution in [0.25, 0.3) is 11.3 Å². The predicted molar refractivity (Wildman–Crippen MR) is 123 cm³/mol. The first-order valence-corrected chi connectivity index (χ1v) is 12.0. The van der Waals surface area contributed by atoms with E-state index in [1.54, 1.807) is 18.4 Å². The first-order chi connectivity index (χ1) is 16.2. The second-order valence-electron chi connectivity index (χ2n) is 9.63. The van der Waals surface area contributed by atoms with Crippen LogP contribution >= 0.6 is 0 Å². The lowest BCUT2D eigenvalue weighted by Gasteiger charge is -2.25. The highest BCUT2D eigenvalue weighted by Crippen LogP contribution is 2.41. The fourth-order valence-electron chi connectivity index (χ4n) is 4.95. The maximum Gasteiger partial charge on any atom is 0.416 e. The van der Waals surface area contributed by atoms with Gasteiger partial charge in [0.1, 0.15) is 0 Å². The third-order valence-corrected chi connectivity index (χ3v) is 7.01. The molecule has 0 aliphatic heterocycles. The molecule has 1 aromatic heterocycles. The third-order valence-electron chi connectivity index (χ3n) is 7.01. The molecule has 1 heterocycles. The number of carbonyl (C=O) groups excluding carboxylic acids is 1. The Labute approximate surface area is 201 Å². The van der Waals surface area contributed by atoms with Crippen molar-refractivity contribution < 1.29 is 31.1 Å². The number of carbonyl (C=O) groups is 1. The Bertz CT molecular complexity index is 1030. The van der Waals surface area contributed by atoms with Crippen molar-refractivity contribution in [1.82, 2.24) is 9.88 Å². The quantitative estimate of drug-likeness (QED) is 0.400. The molecule has 1 saturated carbocycles. The summed E-state index contributed by atoms with van der Waals surface area (Å²) in [5.41, 5.74) is -1.44. The molecule has 1 aromatic carbocycles. The van der Waals surface area contributed by atoms with Crippen LogP contribution in [0.15, 0.2) is 18.2 Å². The average molecular weight is 503 g/mol. The van der Waals surface area contributed by atoms with Crippen LogP contribution in [0.3, 0.4) is 0 Å². The van der Waals surface area contributed by atoms with Crippen LogP contribution in [-0.4, -0.2) is 16.5 Å². The van der Waals surface area contributed by atoms with E-state index in [0.717, 1.165) is 44.2 Å². The average Bonchev–Trinajstić information content (AvgIpc) is 3.02. The molecular formula is C26H32F6N2O. The minimum Gasteiger partial charge on any atom is -0.350 e. The van der Waals surface area contributed by atoms with Gasteiger partial charge in [-0.25, -0.2) is 0 Å². The van der Waals surface area contributed by atoms with Crippen molar-refractivity contribution >= 4 is 5.91 Å². The van der Waals surface area contributed by atoms with Gasteiger partial charge in [0.05, 0.1) is 22.4 Å². The van der Waals surface area contributed by atoms with Crippen molar-refractivity contribution in [2.24, 2.45) is 5.92 Å². The lowest BCUT2D eigenvalue weighted by molar-refractivity contribution is -0.143. The topological polar surface area (TPSA) is 34.0 Å². The minimum atomic E-state index is -4.95. The maximum absolute atomic E-state index is 13.6. The van der Waals surface area contributed by atoms with E-state index in [1.165, 1.54) is 0 Å². The second-order valence-corrected chi connectivity index (χ2v) is 9.63. The predicted octanol–water partition coefficient (Wildman–Crippen LogP) is 7.92. The van der Waals surface area contributed by atoms with Gasteiger partial charge in [0.25, 0.3) is 5.91 Å². The van der Waals surface area contributed by atoms with Gasteiger partial charge in [0.15, 0.2) is 0 Å². The Morgan fingerprint density at radius 3 is 2.03 bits per heavy atom. The van der Waals surface area contributed by atoms with Crippen LogP contribution in [0, 0.1) is 19.8 Å². The summed E-state index contributed by atoms with van der Waals surface area (Å²) < 4.78 is 83.3. The van der Waals surface area contributed by atoms with E-state index in [2.05, 4.69) is 5.32 Å². The van der Waals surface area contributed by atoms with E-state index in [0.29, 0.717) is 29.8 Å². The number of halogens is 6. The van der Waals surface area contributed by atoms with Crippen LogP contribution in [0.1, 0.15) is 85.1 Å². The summed E-state index contributed by atoms with van der Waals surface area (Å²) >= 11 is 0. The Balaban J connectivity index is 2.24. The van der Waals surface area contributed by atoms with Crippen LogP contribution in [0.4, 0.5) is 26.3 Å². The number of nitrogens with zero attached hydrogens (tertiary/aromatic N) is 1. The summed E-state index contributed by atoms with van der Waals surface area (Å²) in [6.45, 7) is 7.49. The van der Waals surface area contributed by atoms with Gasteiger partial charge in [0, 0.05) is 18.3 Å². The molecule has 0 spiro atoms. The van der Waals surface area contributed by atoms with Crippen molar-refractivity contribution in [2.45, 2.75) is 91.2 Å². The first-order valence-electron chi connectivity index (χ1n) is 12.0. The highest BCUT2D eigenvalue weighted by atomic mass is 19.4. The summed E-state index contributed by atoms with van der Waals surface area (Å²) in [5, 5.41) is 2.88. The zero-order valence-electron chi connectivity index (χ0n) is 20.5. The van der Waals surface area contributed by atoms with Gasteiger partial charge in [-0.05, 0) is 75.3 Å². The smallest absolute Gasteiger partial charge is 0.350 e. The van der Waals surface area contributed by atoms with Crippen molar-refractivity contribution in [3.8, 4) is 11.3 Å². The third kappa shape index (κ3) is 6.04. The molecule has 9 heteroatoms. The summed E-state index contributed by atoms with van der Waals surface area (Å²) in [4.78, 5) is 13.1. The van der Waals surface area contributed by atoms with Gasteiger partial charge in [0.2, 0.25) is 0 Å². The molecule has 194 valence electrons. The summed E-state index contributed by atoms with van der Waals surface area (Å²) in [6.07, 6.45) is -4.18. The maximum atomic E-state index is 13.6. The van der Waals surface area contributed by atoms with Gasteiger partial charge in [-0.15, -0.1) is 0 Å². The standard InChI is InChI=1S/C26H32F6N2O/c1-5-15(2)33-24(35)22-16(3)23(34(17(22)4)14-18-9-7-6-8-10-18)19-11-20(25(27,28)29)13-21(12-19)26(30,31)32/h11-13,15,18H,5-10,14H2,1-4H3,(H,33,35)/t15-/m0/s1. The van der Waals surface area contributed by atoms with Crippen molar-refractivity contribution in [3.63, 3.8) is 0 Å². The van der Waals surface area contributed by atoms with Crippen LogP contribution in [-0.2, 0) is 18.9 Å². The SMILES string of the molecule is CC[C@H](C)NC(=O)c1c(C)c(-c2cc(C(F)(F)F)cc(C(F)(F)F)c2)n(CC2CCCCC2)c1C. The van der Waals surface area contributed by atoms with E-state index in [-0.39, 0.29) is 35.2 Å². The zero-order valence-corrected chi connectivity index (χ0v) is 20.5. The summed E-state index contributed by atoms with van der Waals surface area (Å²) in [7, 11) is 0. The number of rotatable bonds is 6. The highest BCUT2D eigenvalue weighted by molar-refractivity contribution is 5.99. The molecule has 1 atom stereocenters. The molecule has 0 radical (unpaired) electrons. The molecule has 1 amide bonds. The molecule has 3 nitrogen and oxygen atoms in total. The Kier molecular flexibility index (Phi) is 7.96. The Hall–Kier alpha value is -2.45. The molecule has 1 aliphatic rings. The summed E-state index contributed by atoms with van der Waals surface area (Å²) in [6, 6.07) is 1.52. The first kappa shape index (κ1) is 27.1. The van der Waals surface area contributed by atoms with E-state index >= 15 is 0 Å². The second kappa shape index (κ2) is 10.3. The fourth-order valence-corrected chi connectivity index (χ4v) is 4.95. The van der Waals surface area contributed by atoms with Gasteiger partial charge >= 0.3 is 12.4 Å². The van der Waals surface area contributed by atoms with E-state index in [9.17, 15) is 31.1 Å². The normalized spacial score (nSPS) is 16.4. The molecular weight excluding hydrogens is 470 g/mol. The number of benzene rings is 1. The summed E-state index contributed by atoms with van der Waals surface area (Å²) in [5.74, 6) is -0.132. The van der Waals surface area contributed by atoms with Gasteiger partial charge in [-0.2, -0.15) is 26.3 Å². The lowest BCUT2D eigenvalue weighted by Crippen LogP contribution is -2.32. The van der Waals surface area contributed by atoms with Crippen LogP contribution in [0.2, 0.25) is 0 Å². The van der Waals surface area contributed by atoms with E-state index in [4.69, 9.17) is 0 Å². The molecule has 1 fully saturated rings. The number of aromatic nitrogens is 1. The molecule has 0 saturated heterocycles. The largest absolute Gasteiger partial charge is 0.416 e. The monoisotopic (exact) mass is 502 g/mol. The van der Waals surface area contributed by atoms with Gasteiger partial charge in [-0.3, -0.25) is 4.79 Å². The molecule has 2 aromatic rings. The highest BCUT2D eigenvalue weighted by Gasteiger charge is 2.38. The Morgan fingerprint density at radius 2 is 1.54 bits per heavy atom. The fraction of sp³-hybridized carbons (Fsp3) is 0.577. The van der Waals surface area contributed by atoms with Gasteiger partial charge < -0.3 is 9.88 Å². The van der Waals surface area contributed by atoms with Crippen molar-refractivity contribution in [2.75, 3.05) is 0 Å². The molecule has 1 aliphatic carbocycles. The van der Waals surface area contributed by atoms with Crippen molar-refractivity contribution in [3.05, 3.63) is 46.1 Å². The van der Waals surface area contributed by atoms with Crippen LogP contribution < -0.4 is 5.32 Å². The number of hydrogen-bond donors (Lipinski definition) is 1. The van der Waals surface area contributed by atoms with Crippen LogP contribution in [0.5, 0.6) is 0 Å². The minimum absolute atomic E-state index is 0.128. The van der Waals surface area contributed by atoms with Gasteiger partial charge in [-0.1, -0.05) is 26.2 Å². The molecule has 35 heavy (non-hydrogen) atoms. The molecule has 0 bridgehead atoms. The number of alkyl halides is 6. The number of amides is 1. The zero-order chi connectivity index (χ0) is 26.1. The number of nitrogens with one attached hydrogen (secondary N) is 1. The lowest BCUT2D eigenvalue weighted by atomic mass is 9.89. The number of hydrogen-bond acceptors (Lipinski definition) is 1. The van der Waals surface area contributed by atoms with E-state index in [1.807, 2.05) is 13.8 Å². The van der Waals surface area contributed by atoms with E-state index < -0.39 is 23.5 Å². The Morgan fingerprint density at radius 1 is 1.00 bits per heavy atom.